The van der Waals surface area contributed by atoms with Crippen molar-refractivity contribution < 1.29 is 25.9 Å². The van der Waals surface area contributed by atoms with Crippen LogP contribution in [-0.2, 0) is 14.4 Å². The summed E-state index contributed by atoms with van der Waals surface area (Å²) in [4.78, 5) is 0. The fourth-order valence-corrected chi connectivity index (χ4v) is 1.32. The number of hydroxylamine groups is 2. The monoisotopic (exact) mass is 231 g/mol. The third-order valence-electron chi connectivity index (χ3n) is 1.50. The second-order valence-electron chi connectivity index (χ2n) is 2.64. The summed E-state index contributed by atoms with van der Waals surface area (Å²) in [5, 5.41) is 0.659. The molecule has 0 bridgehead atoms. The number of hydrogen-bond donors (Lipinski definition) is 0. The first-order valence-electron chi connectivity index (χ1n) is 3.77. The van der Waals surface area contributed by atoms with E-state index in [2.05, 4.69) is 4.28 Å². The molecule has 0 amide bonds. The van der Waals surface area contributed by atoms with E-state index in [1.54, 1.807) is 0 Å². The second kappa shape index (κ2) is 3.77. The van der Waals surface area contributed by atoms with Gasteiger partial charge in [-0.2, -0.15) is 21.6 Å². The smallest absolute Gasteiger partial charge is 0.244 e. The highest BCUT2D eigenvalue weighted by molar-refractivity contribution is 7.87. The molecule has 0 aromatic carbocycles. The van der Waals surface area contributed by atoms with Gasteiger partial charge in [0.15, 0.2) is 0 Å². The number of nitrogens with zero attached hydrogens (tertiary/aromatic N) is 1. The molecule has 1 aliphatic rings. The van der Waals surface area contributed by atoms with Gasteiger partial charge < -0.3 is 0 Å². The molecule has 0 fully saturated rings. The van der Waals surface area contributed by atoms with Crippen LogP contribution in [0.2, 0.25) is 0 Å². The highest BCUT2D eigenvalue weighted by atomic mass is 32.2. The van der Waals surface area contributed by atoms with E-state index in [9.17, 15) is 21.6 Å². The van der Waals surface area contributed by atoms with Crippen molar-refractivity contribution in [2.45, 2.75) is 18.3 Å². The van der Waals surface area contributed by atoms with Crippen LogP contribution >= 0.6 is 0 Å². The molecule has 0 N–H and O–H groups in total. The maximum Gasteiger partial charge on any atom is 0.525 e. The van der Waals surface area contributed by atoms with Gasteiger partial charge in [-0.1, -0.05) is 6.08 Å². The van der Waals surface area contributed by atoms with Gasteiger partial charge in [-0.05, 0) is 12.8 Å². The molecule has 4 nitrogen and oxygen atoms in total. The van der Waals surface area contributed by atoms with Crippen LogP contribution in [0.5, 0.6) is 0 Å². The zero-order chi connectivity index (χ0) is 10.8. The number of allylic oxidation sites excluding steroid dienone is 1. The van der Waals surface area contributed by atoms with Crippen molar-refractivity contribution >= 4 is 10.1 Å². The topological polar surface area (TPSA) is 46.6 Å². The maximum absolute atomic E-state index is 11.8. The SMILES string of the molecule is O=S(=O)(ON1C=CCCC1)C(F)(F)F. The van der Waals surface area contributed by atoms with Crippen LogP contribution < -0.4 is 0 Å². The van der Waals surface area contributed by atoms with Crippen LogP contribution in [0.25, 0.3) is 0 Å². The minimum Gasteiger partial charge on any atom is -0.244 e. The van der Waals surface area contributed by atoms with E-state index in [-0.39, 0.29) is 6.54 Å². The van der Waals surface area contributed by atoms with Crippen molar-refractivity contribution in [2.24, 2.45) is 0 Å². The van der Waals surface area contributed by atoms with E-state index >= 15 is 0 Å². The molecule has 0 atom stereocenters. The van der Waals surface area contributed by atoms with Crippen molar-refractivity contribution in [3.05, 3.63) is 12.3 Å². The number of hydrogen-bond acceptors (Lipinski definition) is 4. The van der Waals surface area contributed by atoms with Gasteiger partial charge >= 0.3 is 15.6 Å². The molecule has 0 unspecified atom stereocenters. The lowest BCUT2D eigenvalue weighted by Gasteiger charge is -2.21. The highest BCUT2D eigenvalue weighted by Gasteiger charge is 2.48. The van der Waals surface area contributed by atoms with Gasteiger partial charge in [0.1, 0.15) is 0 Å². The van der Waals surface area contributed by atoms with Crippen LogP contribution in [0.15, 0.2) is 12.3 Å². The minimum absolute atomic E-state index is 0.131. The fourth-order valence-electron chi connectivity index (χ4n) is 0.862. The molecular weight excluding hydrogens is 223 g/mol. The zero-order valence-electron chi connectivity index (χ0n) is 6.99. The van der Waals surface area contributed by atoms with Crippen molar-refractivity contribution in [1.29, 1.82) is 0 Å². The Kier molecular flexibility index (Phi) is 3.05. The van der Waals surface area contributed by atoms with Crippen LogP contribution in [0.4, 0.5) is 13.2 Å². The van der Waals surface area contributed by atoms with Gasteiger partial charge in [-0.15, -0.1) is 4.28 Å². The second-order valence-corrected chi connectivity index (χ2v) is 4.16. The lowest BCUT2D eigenvalue weighted by atomic mass is 10.2. The van der Waals surface area contributed by atoms with Gasteiger partial charge in [0.05, 0.1) is 0 Å². The lowest BCUT2D eigenvalue weighted by molar-refractivity contribution is -0.0838. The number of halogens is 3. The average Bonchev–Trinajstić information content (AvgIpc) is 2.03. The van der Waals surface area contributed by atoms with Gasteiger partial charge in [-0.3, -0.25) is 0 Å². The van der Waals surface area contributed by atoms with Gasteiger partial charge in [0.2, 0.25) is 0 Å². The zero-order valence-corrected chi connectivity index (χ0v) is 7.81. The molecule has 1 heterocycles. The molecule has 14 heavy (non-hydrogen) atoms. The van der Waals surface area contributed by atoms with E-state index in [1.165, 1.54) is 12.3 Å². The van der Waals surface area contributed by atoms with Crippen LogP contribution in [0.1, 0.15) is 12.8 Å². The summed E-state index contributed by atoms with van der Waals surface area (Å²) in [6.07, 6.45) is 3.97. The molecule has 0 saturated heterocycles. The summed E-state index contributed by atoms with van der Waals surface area (Å²) in [5.41, 5.74) is -5.38. The fraction of sp³-hybridized carbons (Fsp3) is 0.667. The van der Waals surface area contributed by atoms with E-state index in [0.717, 1.165) is 0 Å². The number of rotatable bonds is 2. The van der Waals surface area contributed by atoms with Crippen molar-refractivity contribution in [1.82, 2.24) is 5.06 Å². The van der Waals surface area contributed by atoms with Crippen LogP contribution in [-0.4, -0.2) is 25.5 Å². The van der Waals surface area contributed by atoms with E-state index in [0.29, 0.717) is 17.9 Å². The largest absolute Gasteiger partial charge is 0.525 e. The van der Waals surface area contributed by atoms with Crippen molar-refractivity contribution in [3.63, 3.8) is 0 Å². The van der Waals surface area contributed by atoms with E-state index in [1.807, 2.05) is 0 Å². The Labute approximate surface area is 79.0 Å². The molecule has 0 aromatic heterocycles. The van der Waals surface area contributed by atoms with Gasteiger partial charge in [0.25, 0.3) is 0 Å². The summed E-state index contributed by atoms with van der Waals surface area (Å²) in [5.74, 6) is 0. The molecule has 0 radical (unpaired) electrons. The molecule has 8 heteroatoms. The third kappa shape index (κ3) is 2.61. The normalized spacial score (nSPS) is 18.6. The molecule has 0 saturated carbocycles. The van der Waals surface area contributed by atoms with E-state index < -0.39 is 15.6 Å². The number of alkyl halides is 3. The Morgan fingerprint density at radius 1 is 1.36 bits per heavy atom. The molecule has 0 aliphatic carbocycles. The summed E-state index contributed by atoms with van der Waals surface area (Å²) in [6, 6.07) is 0. The van der Waals surface area contributed by atoms with Crippen LogP contribution in [0.3, 0.4) is 0 Å². The maximum atomic E-state index is 11.8. The Balaban J connectivity index is 2.68. The first-order valence-corrected chi connectivity index (χ1v) is 5.18. The molecule has 0 aromatic rings. The molecule has 1 aliphatic heterocycles. The third-order valence-corrected chi connectivity index (χ3v) is 2.45. The first kappa shape index (κ1) is 11.3. The summed E-state index contributed by atoms with van der Waals surface area (Å²) in [6.45, 7) is 0.131. The van der Waals surface area contributed by atoms with Crippen LogP contribution in [0, 0.1) is 0 Å². The Bertz CT molecular complexity index is 322. The molecule has 82 valence electrons. The quantitative estimate of drug-likeness (QED) is 0.673. The minimum atomic E-state index is -5.52. The first-order chi connectivity index (χ1) is 6.33. The average molecular weight is 231 g/mol. The predicted molar refractivity (Wildman–Crippen MR) is 41.1 cm³/mol. The van der Waals surface area contributed by atoms with Gasteiger partial charge in [-0.25, -0.2) is 5.06 Å². The van der Waals surface area contributed by atoms with Gasteiger partial charge in [0, 0.05) is 12.7 Å². The predicted octanol–water partition coefficient (Wildman–Crippen LogP) is 1.38. The molecule has 0 spiro atoms. The standard InChI is InChI=1S/C6H8F3NO3S/c7-6(8,9)14(11,12)13-10-4-2-1-3-5-10/h2,4H,1,3,5H2. The lowest BCUT2D eigenvalue weighted by Crippen LogP contribution is -2.33. The molecular formula is C6H8F3NO3S. The Hall–Kier alpha value is -0.760. The summed E-state index contributed by atoms with van der Waals surface area (Å²) in [7, 11) is -5.52. The summed E-state index contributed by atoms with van der Waals surface area (Å²) >= 11 is 0. The summed E-state index contributed by atoms with van der Waals surface area (Å²) < 4.78 is 60.3. The van der Waals surface area contributed by atoms with Crippen molar-refractivity contribution in [2.75, 3.05) is 6.54 Å². The Morgan fingerprint density at radius 3 is 2.43 bits per heavy atom. The van der Waals surface area contributed by atoms with E-state index in [4.69, 9.17) is 0 Å². The highest BCUT2D eigenvalue weighted by Crippen LogP contribution is 2.26. The Morgan fingerprint density at radius 2 is 2.00 bits per heavy atom. The molecule has 1 rings (SSSR count). The van der Waals surface area contributed by atoms with Crippen molar-refractivity contribution in [3.8, 4) is 0 Å².